The van der Waals surface area contributed by atoms with Crippen molar-refractivity contribution in [1.82, 2.24) is 25.1 Å². The van der Waals surface area contributed by atoms with Crippen LogP contribution in [0.4, 0.5) is 4.39 Å². The molecule has 4 rings (SSSR count). The minimum Gasteiger partial charge on any atom is -0.473 e. The normalized spacial score (nSPS) is 10.9. The molecule has 4 aromatic rings. The molecule has 3 heterocycles. The van der Waals surface area contributed by atoms with Crippen LogP contribution >= 0.6 is 0 Å². The lowest BCUT2D eigenvalue weighted by Crippen LogP contribution is -2.23. The Labute approximate surface area is 178 Å². The predicted octanol–water partition coefficient (Wildman–Crippen LogP) is 3.65. The third-order valence-electron chi connectivity index (χ3n) is 4.75. The Hall–Kier alpha value is -3.81. The highest BCUT2D eigenvalue weighted by atomic mass is 19.1. The highest BCUT2D eigenvalue weighted by molar-refractivity contribution is 6.04. The Bertz CT molecular complexity index is 1220. The van der Waals surface area contributed by atoms with Gasteiger partial charge in [0.1, 0.15) is 18.1 Å². The molecule has 8 heteroatoms. The van der Waals surface area contributed by atoms with Crippen LogP contribution in [0.2, 0.25) is 0 Å². The zero-order valence-electron chi connectivity index (χ0n) is 17.3. The first-order valence-corrected chi connectivity index (χ1v) is 9.96. The van der Waals surface area contributed by atoms with Gasteiger partial charge in [-0.15, -0.1) is 0 Å². The maximum Gasteiger partial charge on any atom is 0.270 e. The second kappa shape index (κ2) is 8.91. The molecule has 0 bridgehead atoms. The molecule has 1 amide bonds. The summed E-state index contributed by atoms with van der Waals surface area (Å²) >= 11 is 0. The highest BCUT2D eigenvalue weighted by Crippen LogP contribution is 2.20. The van der Waals surface area contributed by atoms with E-state index in [-0.39, 0.29) is 11.7 Å². The van der Waals surface area contributed by atoms with Gasteiger partial charge in [0.15, 0.2) is 0 Å². The average molecular weight is 419 g/mol. The third kappa shape index (κ3) is 4.69. The molecule has 0 atom stereocenters. The number of ether oxygens (including phenoxy) is 1. The number of hydrogen-bond donors (Lipinski definition) is 1. The number of halogens is 1. The number of carbonyl (C=O) groups is 1. The average Bonchev–Trinajstić information content (AvgIpc) is 3.17. The molecular weight excluding hydrogens is 397 g/mol. The minimum absolute atomic E-state index is 0.215. The van der Waals surface area contributed by atoms with Crippen molar-refractivity contribution in [1.29, 1.82) is 0 Å². The lowest BCUT2D eigenvalue weighted by molar-refractivity contribution is 0.0952. The molecule has 0 aliphatic rings. The SMILES string of the molecule is CCNC(=O)c1nccc2nn(Cc3cnc(OCc4ccc(F)cc4)c(C)c3)cc12. The molecule has 0 aliphatic heterocycles. The summed E-state index contributed by atoms with van der Waals surface area (Å²) in [5, 5.41) is 8.03. The monoisotopic (exact) mass is 419 g/mol. The van der Waals surface area contributed by atoms with Crippen LogP contribution in [0.1, 0.15) is 34.1 Å². The van der Waals surface area contributed by atoms with Gasteiger partial charge in [-0.2, -0.15) is 5.10 Å². The fraction of sp³-hybridized carbons (Fsp3) is 0.217. The summed E-state index contributed by atoms with van der Waals surface area (Å²) in [5.74, 6) is 0.0387. The first kappa shape index (κ1) is 20.5. The maximum atomic E-state index is 13.0. The minimum atomic E-state index is -0.275. The Kier molecular flexibility index (Phi) is 5.88. The molecule has 31 heavy (non-hydrogen) atoms. The number of aromatic nitrogens is 4. The van der Waals surface area contributed by atoms with Crippen LogP contribution < -0.4 is 10.1 Å². The lowest BCUT2D eigenvalue weighted by Gasteiger charge is -2.10. The van der Waals surface area contributed by atoms with E-state index in [1.807, 2.05) is 26.1 Å². The van der Waals surface area contributed by atoms with Gasteiger partial charge in [0.05, 0.1) is 17.4 Å². The van der Waals surface area contributed by atoms with Crippen molar-refractivity contribution in [2.75, 3.05) is 6.54 Å². The second-order valence-electron chi connectivity index (χ2n) is 7.16. The third-order valence-corrected chi connectivity index (χ3v) is 4.75. The van der Waals surface area contributed by atoms with E-state index in [0.29, 0.717) is 42.2 Å². The molecule has 158 valence electrons. The second-order valence-corrected chi connectivity index (χ2v) is 7.16. The fourth-order valence-corrected chi connectivity index (χ4v) is 3.28. The smallest absolute Gasteiger partial charge is 0.270 e. The van der Waals surface area contributed by atoms with Gasteiger partial charge in [-0.3, -0.25) is 14.5 Å². The number of nitrogens with one attached hydrogen (secondary N) is 1. The van der Waals surface area contributed by atoms with Crippen molar-refractivity contribution < 1.29 is 13.9 Å². The van der Waals surface area contributed by atoms with Gasteiger partial charge in [0.2, 0.25) is 5.88 Å². The van der Waals surface area contributed by atoms with E-state index in [1.165, 1.54) is 12.1 Å². The van der Waals surface area contributed by atoms with Crippen molar-refractivity contribution in [3.05, 3.63) is 83.2 Å². The van der Waals surface area contributed by atoms with Crippen LogP contribution in [-0.4, -0.2) is 32.2 Å². The van der Waals surface area contributed by atoms with Crippen molar-refractivity contribution >= 4 is 16.8 Å². The summed E-state index contributed by atoms with van der Waals surface area (Å²) in [6, 6.07) is 9.95. The van der Waals surface area contributed by atoms with Crippen LogP contribution in [0.3, 0.4) is 0 Å². The molecule has 0 saturated heterocycles. The Morgan fingerprint density at radius 2 is 1.97 bits per heavy atom. The Morgan fingerprint density at radius 3 is 2.71 bits per heavy atom. The molecule has 0 unspecified atom stereocenters. The van der Waals surface area contributed by atoms with E-state index in [2.05, 4.69) is 20.4 Å². The first-order chi connectivity index (χ1) is 15.0. The Morgan fingerprint density at radius 1 is 1.16 bits per heavy atom. The van der Waals surface area contributed by atoms with Crippen LogP contribution in [-0.2, 0) is 13.2 Å². The van der Waals surface area contributed by atoms with Gasteiger partial charge in [-0.1, -0.05) is 12.1 Å². The highest BCUT2D eigenvalue weighted by Gasteiger charge is 2.14. The zero-order valence-corrected chi connectivity index (χ0v) is 17.3. The number of rotatable bonds is 7. The van der Waals surface area contributed by atoms with Gasteiger partial charge in [0.25, 0.3) is 5.91 Å². The number of benzene rings is 1. The fourth-order valence-electron chi connectivity index (χ4n) is 3.28. The van der Waals surface area contributed by atoms with Crippen LogP contribution in [0.5, 0.6) is 5.88 Å². The van der Waals surface area contributed by atoms with Gasteiger partial charge in [0, 0.05) is 30.7 Å². The van der Waals surface area contributed by atoms with Crippen molar-refractivity contribution in [3.8, 4) is 5.88 Å². The summed E-state index contributed by atoms with van der Waals surface area (Å²) in [4.78, 5) is 20.9. The summed E-state index contributed by atoms with van der Waals surface area (Å²) < 4.78 is 20.6. The summed E-state index contributed by atoms with van der Waals surface area (Å²) in [6.45, 7) is 5.13. The molecule has 0 radical (unpaired) electrons. The quantitative estimate of drug-likeness (QED) is 0.495. The van der Waals surface area contributed by atoms with E-state index >= 15 is 0 Å². The zero-order chi connectivity index (χ0) is 21.8. The molecule has 1 aromatic carbocycles. The van der Waals surface area contributed by atoms with Gasteiger partial charge in [-0.05, 0) is 49.2 Å². The molecule has 3 aromatic heterocycles. The molecular formula is C23H22FN5O2. The Balaban J connectivity index is 1.48. The number of fused-ring (bicyclic) bond motifs is 1. The van der Waals surface area contributed by atoms with Crippen molar-refractivity contribution in [2.24, 2.45) is 0 Å². The molecule has 0 spiro atoms. The molecule has 0 saturated carbocycles. The van der Waals surface area contributed by atoms with Gasteiger partial charge in [-0.25, -0.2) is 9.37 Å². The molecule has 0 fully saturated rings. The van der Waals surface area contributed by atoms with E-state index in [4.69, 9.17) is 4.74 Å². The number of aryl methyl sites for hydroxylation is 1. The van der Waals surface area contributed by atoms with Gasteiger partial charge < -0.3 is 10.1 Å². The summed E-state index contributed by atoms with van der Waals surface area (Å²) in [7, 11) is 0. The number of pyridine rings is 2. The maximum absolute atomic E-state index is 13.0. The predicted molar refractivity (Wildman–Crippen MR) is 114 cm³/mol. The van der Waals surface area contributed by atoms with Crippen LogP contribution in [0.25, 0.3) is 10.9 Å². The van der Waals surface area contributed by atoms with Crippen molar-refractivity contribution in [2.45, 2.75) is 27.0 Å². The van der Waals surface area contributed by atoms with E-state index in [0.717, 1.165) is 16.7 Å². The number of nitrogens with zero attached hydrogens (tertiary/aromatic N) is 4. The number of carbonyl (C=O) groups excluding carboxylic acids is 1. The van der Waals surface area contributed by atoms with Crippen molar-refractivity contribution in [3.63, 3.8) is 0 Å². The first-order valence-electron chi connectivity index (χ1n) is 9.96. The topological polar surface area (TPSA) is 81.9 Å². The van der Waals surface area contributed by atoms with Crippen LogP contribution in [0.15, 0.2) is 55.0 Å². The number of amides is 1. The number of hydrogen-bond acceptors (Lipinski definition) is 5. The largest absolute Gasteiger partial charge is 0.473 e. The van der Waals surface area contributed by atoms with E-state index in [1.54, 1.807) is 35.3 Å². The van der Waals surface area contributed by atoms with Gasteiger partial charge >= 0.3 is 0 Å². The standard InChI is InChI=1S/C23H22FN5O2/c1-3-25-22(30)21-19-13-29(28-20(19)8-9-26-21)12-17-10-15(2)23(27-11-17)31-14-16-4-6-18(24)7-5-16/h4-11,13H,3,12,14H2,1-2H3,(H,25,30). The molecule has 1 N–H and O–H groups in total. The molecule has 0 aliphatic carbocycles. The van der Waals surface area contributed by atoms with E-state index < -0.39 is 0 Å². The molecule has 7 nitrogen and oxygen atoms in total. The summed E-state index contributed by atoms with van der Waals surface area (Å²) in [5.41, 5.74) is 3.78. The van der Waals surface area contributed by atoms with Crippen LogP contribution in [0, 0.1) is 12.7 Å². The summed E-state index contributed by atoms with van der Waals surface area (Å²) in [6.07, 6.45) is 5.15. The lowest BCUT2D eigenvalue weighted by atomic mass is 10.2. The van der Waals surface area contributed by atoms with E-state index in [9.17, 15) is 9.18 Å².